The van der Waals surface area contributed by atoms with Crippen LogP contribution in [0.5, 0.6) is 5.75 Å². The van der Waals surface area contributed by atoms with Gasteiger partial charge >= 0.3 is 0 Å². The molecule has 2 aromatic carbocycles. The van der Waals surface area contributed by atoms with Crippen molar-refractivity contribution in [3.05, 3.63) is 77.4 Å². The van der Waals surface area contributed by atoms with Gasteiger partial charge in [-0.15, -0.1) is 0 Å². The Hall–Kier alpha value is -2.48. The van der Waals surface area contributed by atoms with E-state index in [2.05, 4.69) is 66.9 Å². The smallest absolute Gasteiger partial charge is 0.128 e. The van der Waals surface area contributed by atoms with E-state index in [0.717, 1.165) is 5.75 Å². The van der Waals surface area contributed by atoms with Gasteiger partial charge < -0.3 is 10.1 Å². The number of para-hydroxylation sites is 2. The van der Waals surface area contributed by atoms with Crippen molar-refractivity contribution < 1.29 is 4.74 Å². The maximum atomic E-state index is 6.12. The molecule has 22 heavy (non-hydrogen) atoms. The molecule has 2 aliphatic rings. The van der Waals surface area contributed by atoms with Crippen LogP contribution in [0.3, 0.4) is 0 Å². The molecular weight excluding hydrogens is 270 g/mol. The number of benzene rings is 2. The number of aryl methyl sites for hydroxylation is 1. The zero-order valence-electron chi connectivity index (χ0n) is 12.8. The van der Waals surface area contributed by atoms with Crippen molar-refractivity contribution in [3.63, 3.8) is 0 Å². The second-order valence-corrected chi connectivity index (χ2v) is 5.85. The normalized spacial score (nSPS) is 21.6. The minimum Gasteiger partial charge on any atom is -0.485 e. The van der Waals surface area contributed by atoms with Crippen LogP contribution in [0.1, 0.15) is 22.6 Å². The molecule has 1 N–H and O–H groups in total. The Balaban J connectivity index is 1.88. The molecule has 0 aromatic heterocycles. The Morgan fingerprint density at radius 1 is 1.05 bits per heavy atom. The second-order valence-electron chi connectivity index (χ2n) is 5.85. The number of rotatable bonds is 2. The van der Waals surface area contributed by atoms with Crippen LogP contribution in [0, 0.1) is 6.92 Å². The molecule has 0 saturated heterocycles. The van der Waals surface area contributed by atoms with E-state index in [9.17, 15) is 0 Å². The molecule has 1 aliphatic heterocycles. The van der Waals surface area contributed by atoms with Crippen LogP contribution in [0.25, 0.3) is 5.57 Å². The number of anilines is 1. The van der Waals surface area contributed by atoms with Gasteiger partial charge in [-0.25, -0.2) is 0 Å². The summed E-state index contributed by atoms with van der Waals surface area (Å²) in [6, 6.07) is 14.8. The lowest BCUT2D eigenvalue weighted by molar-refractivity contribution is 0.271. The SMILES string of the molecule is CNc1c(C)cccc1C1=CC=CC2Oc3ccccc3C12. The highest BCUT2D eigenvalue weighted by Crippen LogP contribution is 2.49. The van der Waals surface area contributed by atoms with Gasteiger partial charge in [-0.2, -0.15) is 0 Å². The third-order valence-electron chi connectivity index (χ3n) is 4.59. The van der Waals surface area contributed by atoms with E-state index in [1.54, 1.807) is 0 Å². The van der Waals surface area contributed by atoms with Crippen LogP contribution in [0.4, 0.5) is 5.69 Å². The first-order chi connectivity index (χ1) is 10.8. The van der Waals surface area contributed by atoms with Crippen molar-refractivity contribution in [1.29, 1.82) is 0 Å². The van der Waals surface area contributed by atoms with Crippen LogP contribution in [-0.4, -0.2) is 13.2 Å². The molecular formula is C20H19NO. The molecule has 0 saturated carbocycles. The Kier molecular flexibility index (Phi) is 3.04. The van der Waals surface area contributed by atoms with Crippen LogP contribution in [0.15, 0.2) is 60.7 Å². The van der Waals surface area contributed by atoms with E-state index in [0.29, 0.717) is 0 Å². The summed E-state index contributed by atoms with van der Waals surface area (Å²) in [5.41, 5.74) is 6.34. The second kappa shape index (κ2) is 5.06. The number of fused-ring (bicyclic) bond motifs is 3. The zero-order chi connectivity index (χ0) is 15.1. The molecule has 1 heterocycles. The van der Waals surface area contributed by atoms with Crippen LogP contribution < -0.4 is 10.1 Å². The number of hydrogen-bond donors (Lipinski definition) is 1. The third-order valence-corrected chi connectivity index (χ3v) is 4.59. The quantitative estimate of drug-likeness (QED) is 0.876. The summed E-state index contributed by atoms with van der Waals surface area (Å²) in [5.74, 6) is 1.28. The molecule has 2 atom stereocenters. The number of nitrogens with one attached hydrogen (secondary N) is 1. The van der Waals surface area contributed by atoms with Gasteiger partial charge in [0.15, 0.2) is 0 Å². The maximum Gasteiger partial charge on any atom is 0.128 e. The molecule has 4 rings (SSSR count). The summed E-state index contributed by atoms with van der Waals surface area (Å²) in [5, 5.41) is 3.36. The predicted octanol–water partition coefficient (Wildman–Crippen LogP) is 4.53. The summed E-state index contributed by atoms with van der Waals surface area (Å²) in [6.45, 7) is 2.14. The fourth-order valence-corrected chi connectivity index (χ4v) is 3.60. The minimum atomic E-state index is 0.0996. The maximum absolute atomic E-state index is 6.12. The van der Waals surface area contributed by atoms with Gasteiger partial charge in [-0.1, -0.05) is 48.6 Å². The Bertz CT molecular complexity index is 788. The lowest BCUT2D eigenvalue weighted by Crippen LogP contribution is -2.20. The molecule has 0 bridgehead atoms. The largest absolute Gasteiger partial charge is 0.485 e. The summed E-state index contributed by atoms with van der Waals surface area (Å²) in [7, 11) is 1.99. The highest BCUT2D eigenvalue weighted by atomic mass is 16.5. The van der Waals surface area contributed by atoms with Crippen LogP contribution in [0.2, 0.25) is 0 Å². The Labute approximate surface area is 131 Å². The molecule has 110 valence electrons. The Morgan fingerprint density at radius 2 is 1.91 bits per heavy atom. The van der Waals surface area contributed by atoms with Crippen molar-refractivity contribution in [2.75, 3.05) is 12.4 Å². The summed E-state index contributed by atoms with van der Waals surface area (Å²) in [6.07, 6.45) is 6.60. The highest BCUT2D eigenvalue weighted by molar-refractivity contribution is 5.85. The first kappa shape index (κ1) is 13.2. The van der Waals surface area contributed by atoms with Gasteiger partial charge in [0.05, 0.1) is 5.92 Å². The summed E-state index contributed by atoms with van der Waals surface area (Å²) in [4.78, 5) is 0. The van der Waals surface area contributed by atoms with Gasteiger partial charge in [0.2, 0.25) is 0 Å². The molecule has 2 unspecified atom stereocenters. The molecule has 2 heteroatoms. The molecule has 0 spiro atoms. The molecule has 0 fully saturated rings. The third kappa shape index (κ3) is 1.87. The average Bonchev–Trinajstić information content (AvgIpc) is 2.93. The standard InChI is InChI=1S/C20H19NO/c1-13-7-5-10-15(20(13)21-2)14-9-6-12-18-19(14)16-8-3-4-11-17(16)22-18/h3-12,18-19,21H,1-2H3. The molecule has 0 amide bonds. The van der Waals surface area contributed by atoms with E-state index in [1.165, 1.54) is 28.0 Å². The Morgan fingerprint density at radius 3 is 2.77 bits per heavy atom. The van der Waals surface area contributed by atoms with Crippen molar-refractivity contribution in [2.24, 2.45) is 0 Å². The van der Waals surface area contributed by atoms with Gasteiger partial charge in [-0.05, 0) is 30.2 Å². The summed E-state index contributed by atoms with van der Waals surface area (Å²) >= 11 is 0. The highest BCUT2D eigenvalue weighted by Gasteiger charge is 2.37. The number of hydrogen-bond acceptors (Lipinski definition) is 2. The molecule has 1 aliphatic carbocycles. The lowest BCUT2D eigenvalue weighted by atomic mass is 9.80. The van der Waals surface area contributed by atoms with Crippen molar-refractivity contribution in [1.82, 2.24) is 0 Å². The minimum absolute atomic E-state index is 0.0996. The predicted molar refractivity (Wildman–Crippen MR) is 91.4 cm³/mol. The van der Waals surface area contributed by atoms with E-state index in [-0.39, 0.29) is 12.0 Å². The van der Waals surface area contributed by atoms with E-state index >= 15 is 0 Å². The number of allylic oxidation sites excluding steroid dienone is 2. The lowest BCUT2D eigenvalue weighted by Gasteiger charge is -2.25. The van der Waals surface area contributed by atoms with Crippen LogP contribution >= 0.6 is 0 Å². The van der Waals surface area contributed by atoms with Gasteiger partial charge in [0, 0.05) is 23.9 Å². The van der Waals surface area contributed by atoms with Gasteiger partial charge in [0.1, 0.15) is 11.9 Å². The fraction of sp³-hybridized carbons (Fsp3) is 0.200. The number of ether oxygens (including phenoxy) is 1. The molecule has 2 aromatic rings. The van der Waals surface area contributed by atoms with E-state index in [4.69, 9.17) is 4.74 Å². The molecule has 0 radical (unpaired) electrons. The summed E-state index contributed by atoms with van der Waals surface area (Å²) < 4.78 is 6.12. The van der Waals surface area contributed by atoms with Gasteiger partial charge in [0.25, 0.3) is 0 Å². The van der Waals surface area contributed by atoms with Gasteiger partial charge in [-0.3, -0.25) is 0 Å². The van der Waals surface area contributed by atoms with E-state index < -0.39 is 0 Å². The zero-order valence-corrected chi connectivity index (χ0v) is 12.8. The average molecular weight is 289 g/mol. The monoisotopic (exact) mass is 289 g/mol. The topological polar surface area (TPSA) is 21.3 Å². The first-order valence-electron chi connectivity index (χ1n) is 7.71. The first-order valence-corrected chi connectivity index (χ1v) is 7.71. The molecule has 2 nitrogen and oxygen atoms in total. The van der Waals surface area contributed by atoms with E-state index in [1.807, 2.05) is 13.1 Å². The van der Waals surface area contributed by atoms with Crippen LogP contribution in [-0.2, 0) is 0 Å². The van der Waals surface area contributed by atoms with Crippen molar-refractivity contribution >= 4 is 11.3 Å². The van der Waals surface area contributed by atoms with Crippen molar-refractivity contribution in [2.45, 2.75) is 18.9 Å². The van der Waals surface area contributed by atoms with Crippen molar-refractivity contribution in [3.8, 4) is 5.75 Å². The fourth-order valence-electron chi connectivity index (χ4n) is 3.60.